The summed E-state index contributed by atoms with van der Waals surface area (Å²) in [5.74, 6) is -1.38. The lowest BCUT2D eigenvalue weighted by atomic mass is 10.1. The number of unbranched alkanes of at least 4 members (excludes halogenated alkanes) is 3. The Hall–Kier alpha value is -1.10. The molecule has 0 amide bonds. The van der Waals surface area contributed by atoms with E-state index >= 15 is 0 Å². The van der Waals surface area contributed by atoms with Crippen LogP contribution < -0.4 is 0 Å². The molecule has 0 aromatic heterocycles. The molecule has 0 aromatic rings. The smallest absolute Gasteiger partial charge is 0.334 e. The van der Waals surface area contributed by atoms with Crippen LogP contribution in [0, 0.1) is 0 Å². The molecule has 0 saturated carbocycles. The predicted molar refractivity (Wildman–Crippen MR) is 62.6 cm³/mol. The highest BCUT2D eigenvalue weighted by Gasteiger charge is 2.15. The van der Waals surface area contributed by atoms with Crippen LogP contribution in [0.4, 0.5) is 0 Å². The number of hydrogen-bond donors (Lipinski definition) is 2. The molecule has 0 bridgehead atoms. The molecule has 0 aromatic carbocycles. The van der Waals surface area contributed by atoms with Crippen molar-refractivity contribution in [2.24, 2.45) is 0 Å². The Morgan fingerprint density at radius 3 is 2.47 bits per heavy atom. The van der Waals surface area contributed by atoms with E-state index in [1.807, 2.05) is 6.92 Å². The zero-order valence-corrected chi connectivity index (χ0v) is 10.4. The van der Waals surface area contributed by atoms with Crippen molar-refractivity contribution in [1.82, 2.24) is 0 Å². The molecular weight excluding hydrogens is 224 g/mol. The van der Waals surface area contributed by atoms with Gasteiger partial charge in [0, 0.05) is 6.42 Å². The molecule has 0 aliphatic heterocycles. The molecular formula is C12H22O5. The molecule has 2 N–H and O–H groups in total. The van der Waals surface area contributed by atoms with Crippen molar-refractivity contribution >= 4 is 11.9 Å². The number of aliphatic hydroxyl groups excluding tert-OH is 1. The van der Waals surface area contributed by atoms with Crippen molar-refractivity contribution in [1.29, 1.82) is 0 Å². The van der Waals surface area contributed by atoms with Crippen LogP contribution in [0.25, 0.3) is 0 Å². The summed E-state index contributed by atoms with van der Waals surface area (Å²) in [4.78, 5) is 21.4. The summed E-state index contributed by atoms with van der Waals surface area (Å²) in [5.41, 5.74) is 0. The van der Waals surface area contributed by atoms with Crippen LogP contribution in [0.1, 0.15) is 51.9 Å². The highest BCUT2D eigenvalue weighted by molar-refractivity contribution is 5.74. The van der Waals surface area contributed by atoms with E-state index in [1.54, 1.807) is 0 Å². The molecule has 0 fully saturated rings. The van der Waals surface area contributed by atoms with Gasteiger partial charge in [0.15, 0.2) is 6.10 Å². The van der Waals surface area contributed by atoms with Gasteiger partial charge in [0.25, 0.3) is 0 Å². The largest absolute Gasteiger partial charge is 0.481 e. The van der Waals surface area contributed by atoms with Gasteiger partial charge < -0.3 is 14.9 Å². The average molecular weight is 246 g/mol. The van der Waals surface area contributed by atoms with Crippen LogP contribution in [0.5, 0.6) is 0 Å². The van der Waals surface area contributed by atoms with Gasteiger partial charge in [-0.05, 0) is 25.7 Å². The first-order chi connectivity index (χ1) is 8.07. The fourth-order valence-corrected chi connectivity index (χ4v) is 1.34. The third-order valence-corrected chi connectivity index (χ3v) is 2.38. The average Bonchev–Trinajstić information content (AvgIpc) is 2.29. The SMILES string of the molecule is CCCCC(O)C(=O)OCCCCCC(=O)O. The van der Waals surface area contributed by atoms with Crippen LogP contribution in [0.3, 0.4) is 0 Å². The minimum absolute atomic E-state index is 0.146. The van der Waals surface area contributed by atoms with Gasteiger partial charge >= 0.3 is 11.9 Å². The van der Waals surface area contributed by atoms with E-state index in [9.17, 15) is 14.7 Å². The van der Waals surface area contributed by atoms with E-state index < -0.39 is 18.0 Å². The van der Waals surface area contributed by atoms with Gasteiger partial charge in [0.05, 0.1) is 6.61 Å². The summed E-state index contributed by atoms with van der Waals surface area (Å²) in [6, 6.07) is 0. The van der Waals surface area contributed by atoms with Crippen molar-refractivity contribution in [2.45, 2.75) is 58.0 Å². The number of carboxylic acids is 1. The first-order valence-corrected chi connectivity index (χ1v) is 6.14. The first kappa shape index (κ1) is 15.9. The molecule has 17 heavy (non-hydrogen) atoms. The Balaban J connectivity index is 3.41. The second-order valence-electron chi connectivity index (χ2n) is 4.03. The second-order valence-corrected chi connectivity index (χ2v) is 4.03. The topological polar surface area (TPSA) is 83.8 Å². The highest BCUT2D eigenvalue weighted by Crippen LogP contribution is 2.04. The lowest BCUT2D eigenvalue weighted by molar-refractivity contribution is -0.154. The summed E-state index contributed by atoms with van der Waals surface area (Å²) in [6.07, 6.45) is 3.24. The molecule has 1 atom stereocenters. The van der Waals surface area contributed by atoms with Crippen LogP contribution >= 0.6 is 0 Å². The first-order valence-electron chi connectivity index (χ1n) is 6.14. The zero-order valence-electron chi connectivity index (χ0n) is 10.4. The van der Waals surface area contributed by atoms with Crippen molar-refractivity contribution in [3.63, 3.8) is 0 Å². The van der Waals surface area contributed by atoms with Crippen LogP contribution in [-0.4, -0.2) is 34.9 Å². The molecule has 1 unspecified atom stereocenters. The van der Waals surface area contributed by atoms with Gasteiger partial charge in [-0.2, -0.15) is 0 Å². The number of carboxylic acid groups (broad SMARTS) is 1. The summed E-state index contributed by atoms with van der Waals surface area (Å²) >= 11 is 0. The molecule has 100 valence electrons. The number of carbonyl (C=O) groups is 2. The molecule has 5 nitrogen and oxygen atoms in total. The van der Waals surface area contributed by atoms with Gasteiger partial charge in [-0.3, -0.25) is 4.79 Å². The summed E-state index contributed by atoms with van der Waals surface area (Å²) in [6.45, 7) is 2.24. The Kier molecular flexibility index (Phi) is 9.43. The Morgan fingerprint density at radius 2 is 1.88 bits per heavy atom. The summed E-state index contributed by atoms with van der Waals surface area (Å²) in [7, 11) is 0. The Labute approximate surface area is 102 Å². The van der Waals surface area contributed by atoms with E-state index in [-0.39, 0.29) is 13.0 Å². The van der Waals surface area contributed by atoms with Gasteiger partial charge in [-0.1, -0.05) is 19.8 Å². The van der Waals surface area contributed by atoms with Crippen molar-refractivity contribution < 1.29 is 24.5 Å². The van der Waals surface area contributed by atoms with Crippen molar-refractivity contribution in [2.75, 3.05) is 6.61 Å². The van der Waals surface area contributed by atoms with E-state index in [0.717, 1.165) is 12.8 Å². The lowest BCUT2D eigenvalue weighted by Gasteiger charge is -2.09. The zero-order chi connectivity index (χ0) is 13.1. The van der Waals surface area contributed by atoms with Crippen LogP contribution in [0.15, 0.2) is 0 Å². The van der Waals surface area contributed by atoms with E-state index in [2.05, 4.69) is 0 Å². The molecule has 0 spiro atoms. The van der Waals surface area contributed by atoms with Crippen LogP contribution in [0.2, 0.25) is 0 Å². The van der Waals surface area contributed by atoms with Crippen molar-refractivity contribution in [3.8, 4) is 0 Å². The molecule has 0 saturated heterocycles. The van der Waals surface area contributed by atoms with Crippen molar-refractivity contribution in [3.05, 3.63) is 0 Å². The van der Waals surface area contributed by atoms with E-state index in [4.69, 9.17) is 9.84 Å². The molecule has 0 aliphatic rings. The summed E-state index contributed by atoms with van der Waals surface area (Å²) < 4.78 is 4.87. The van der Waals surface area contributed by atoms with Crippen LogP contribution in [-0.2, 0) is 14.3 Å². The van der Waals surface area contributed by atoms with E-state index in [1.165, 1.54) is 0 Å². The second kappa shape index (κ2) is 10.1. The molecule has 0 rings (SSSR count). The highest BCUT2D eigenvalue weighted by atomic mass is 16.5. The third-order valence-electron chi connectivity index (χ3n) is 2.38. The maximum atomic E-state index is 11.2. The number of aliphatic carboxylic acids is 1. The number of ether oxygens (including phenoxy) is 1. The number of esters is 1. The molecule has 0 radical (unpaired) electrons. The quantitative estimate of drug-likeness (QED) is 0.453. The number of rotatable bonds is 10. The Bertz CT molecular complexity index is 227. The van der Waals surface area contributed by atoms with Gasteiger partial charge in [0.2, 0.25) is 0 Å². The number of hydrogen-bond acceptors (Lipinski definition) is 4. The van der Waals surface area contributed by atoms with E-state index in [0.29, 0.717) is 25.7 Å². The molecule has 0 heterocycles. The van der Waals surface area contributed by atoms with Gasteiger partial charge in [0.1, 0.15) is 0 Å². The van der Waals surface area contributed by atoms with Gasteiger partial charge in [-0.25, -0.2) is 4.79 Å². The monoisotopic (exact) mass is 246 g/mol. The third kappa shape index (κ3) is 9.81. The molecule has 5 heteroatoms. The minimum atomic E-state index is -1.02. The maximum Gasteiger partial charge on any atom is 0.334 e. The predicted octanol–water partition coefficient (Wildman–Crippen LogP) is 1.73. The minimum Gasteiger partial charge on any atom is -0.481 e. The number of aliphatic hydroxyl groups is 1. The lowest BCUT2D eigenvalue weighted by Crippen LogP contribution is -2.23. The summed E-state index contributed by atoms with van der Waals surface area (Å²) in [5, 5.41) is 17.8. The van der Waals surface area contributed by atoms with Gasteiger partial charge in [-0.15, -0.1) is 0 Å². The fraction of sp³-hybridized carbons (Fsp3) is 0.833. The maximum absolute atomic E-state index is 11.2. The Morgan fingerprint density at radius 1 is 1.18 bits per heavy atom. The number of carbonyl (C=O) groups excluding carboxylic acids is 1. The molecule has 0 aliphatic carbocycles. The standard InChI is InChI=1S/C12H22O5/c1-2-3-7-10(13)12(16)17-9-6-4-5-8-11(14)15/h10,13H,2-9H2,1H3,(H,14,15). The fourth-order valence-electron chi connectivity index (χ4n) is 1.34. The normalized spacial score (nSPS) is 12.1.